The number of hydrogen-bond acceptors (Lipinski definition) is 4. The second kappa shape index (κ2) is 12.2. The van der Waals surface area contributed by atoms with Crippen LogP contribution >= 0.6 is 0 Å². The van der Waals surface area contributed by atoms with Crippen molar-refractivity contribution >= 4 is 11.9 Å². The van der Waals surface area contributed by atoms with E-state index in [-0.39, 0.29) is 24.4 Å². The van der Waals surface area contributed by atoms with Gasteiger partial charge in [0.1, 0.15) is 0 Å². The number of ether oxygens (including phenoxy) is 2. The highest BCUT2D eigenvalue weighted by Gasteiger charge is 2.29. The zero-order valence-electron chi connectivity index (χ0n) is 20.5. The van der Waals surface area contributed by atoms with Crippen LogP contribution in [0.15, 0.2) is 12.2 Å². The molecule has 0 amide bonds. The van der Waals surface area contributed by atoms with Crippen molar-refractivity contribution in [2.24, 2.45) is 10.8 Å². The summed E-state index contributed by atoms with van der Waals surface area (Å²) in [6.07, 6.45) is 16.3. The number of rotatable bonds is 12. The Labute approximate surface area is 193 Å². The number of carboxylic acids is 2. The van der Waals surface area contributed by atoms with Crippen LogP contribution in [0.25, 0.3) is 0 Å². The van der Waals surface area contributed by atoms with Crippen molar-refractivity contribution in [3.05, 3.63) is 12.2 Å². The Bertz CT molecular complexity index is 584. The van der Waals surface area contributed by atoms with E-state index in [1.807, 2.05) is 0 Å². The first-order chi connectivity index (χ1) is 15.0. The Morgan fingerprint density at radius 1 is 0.750 bits per heavy atom. The van der Waals surface area contributed by atoms with Gasteiger partial charge in [-0.15, -0.1) is 0 Å². The van der Waals surface area contributed by atoms with Crippen LogP contribution < -0.4 is 0 Å². The van der Waals surface area contributed by atoms with Crippen molar-refractivity contribution in [3.63, 3.8) is 0 Å². The molecule has 0 aromatic rings. The van der Waals surface area contributed by atoms with Gasteiger partial charge in [-0.1, -0.05) is 12.2 Å². The molecule has 0 spiro atoms. The molecule has 2 aliphatic heterocycles. The van der Waals surface area contributed by atoms with E-state index < -0.39 is 22.8 Å². The maximum absolute atomic E-state index is 11.3. The number of carbonyl (C=O) groups is 2. The van der Waals surface area contributed by atoms with Crippen LogP contribution in [0.4, 0.5) is 0 Å². The normalized spacial score (nSPS) is 27.5. The van der Waals surface area contributed by atoms with Crippen molar-refractivity contribution in [2.45, 2.75) is 129 Å². The third kappa shape index (κ3) is 8.86. The minimum atomic E-state index is -0.737. The van der Waals surface area contributed by atoms with Crippen molar-refractivity contribution in [1.82, 2.24) is 0 Å². The molecule has 2 N–H and O–H groups in total. The highest BCUT2D eigenvalue weighted by molar-refractivity contribution is 5.73. The molecule has 2 fully saturated rings. The van der Waals surface area contributed by atoms with E-state index in [1.165, 1.54) is 0 Å². The third-order valence-corrected chi connectivity index (χ3v) is 7.12. The SMILES string of the molecule is CC(C)(CCCC1CCCC(/C=C\C2CCCC(CCCC(C)(C)C(=O)O)O2)O1)C(=O)O. The van der Waals surface area contributed by atoms with E-state index in [9.17, 15) is 19.8 Å². The molecule has 2 rings (SSSR count). The molecule has 2 heterocycles. The molecule has 4 unspecified atom stereocenters. The largest absolute Gasteiger partial charge is 0.481 e. The molecule has 6 nitrogen and oxygen atoms in total. The third-order valence-electron chi connectivity index (χ3n) is 7.12. The Morgan fingerprint density at radius 3 is 1.47 bits per heavy atom. The van der Waals surface area contributed by atoms with Gasteiger partial charge < -0.3 is 19.7 Å². The maximum atomic E-state index is 11.3. The van der Waals surface area contributed by atoms with E-state index in [0.29, 0.717) is 12.8 Å². The number of hydrogen-bond donors (Lipinski definition) is 2. The Morgan fingerprint density at radius 2 is 1.12 bits per heavy atom. The van der Waals surface area contributed by atoms with Gasteiger partial charge >= 0.3 is 11.9 Å². The first kappa shape index (κ1) is 26.8. The highest BCUT2D eigenvalue weighted by atomic mass is 16.5. The van der Waals surface area contributed by atoms with Crippen LogP contribution in [0.3, 0.4) is 0 Å². The van der Waals surface area contributed by atoms with Crippen molar-refractivity contribution in [2.75, 3.05) is 0 Å². The molecule has 0 aromatic heterocycles. The number of aliphatic carboxylic acids is 2. The fourth-order valence-corrected chi connectivity index (χ4v) is 4.57. The van der Waals surface area contributed by atoms with Crippen molar-refractivity contribution in [3.8, 4) is 0 Å². The lowest BCUT2D eigenvalue weighted by atomic mass is 9.86. The summed E-state index contributed by atoms with van der Waals surface area (Å²) in [5.74, 6) is -1.47. The lowest BCUT2D eigenvalue weighted by Gasteiger charge is -2.31. The molecule has 2 saturated heterocycles. The Hall–Kier alpha value is -1.40. The maximum Gasteiger partial charge on any atom is 0.309 e. The minimum Gasteiger partial charge on any atom is -0.481 e. The van der Waals surface area contributed by atoms with Crippen molar-refractivity contribution < 1.29 is 29.3 Å². The van der Waals surface area contributed by atoms with Gasteiger partial charge in [0.25, 0.3) is 0 Å². The second-order valence-electron chi connectivity index (χ2n) is 11.0. The first-order valence-corrected chi connectivity index (χ1v) is 12.5. The van der Waals surface area contributed by atoms with E-state index in [4.69, 9.17) is 9.47 Å². The van der Waals surface area contributed by atoms with Gasteiger partial charge in [-0.2, -0.15) is 0 Å². The molecule has 0 bridgehead atoms. The van der Waals surface area contributed by atoms with E-state index in [2.05, 4.69) is 12.2 Å². The van der Waals surface area contributed by atoms with E-state index in [1.54, 1.807) is 27.7 Å². The topological polar surface area (TPSA) is 93.1 Å². The molecule has 0 radical (unpaired) electrons. The van der Waals surface area contributed by atoms with Crippen molar-refractivity contribution in [1.29, 1.82) is 0 Å². The van der Waals surface area contributed by atoms with Gasteiger partial charge in [0.05, 0.1) is 35.2 Å². The zero-order chi connectivity index (χ0) is 23.8. The van der Waals surface area contributed by atoms with Gasteiger partial charge in [-0.05, 0) is 105 Å². The Balaban J connectivity index is 1.72. The minimum absolute atomic E-state index is 0.113. The molecular formula is C26H44O6. The molecule has 184 valence electrons. The highest BCUT2D eigenvalue weighted by Crippen LogP contribution is 2.30. The average Bonchev–Trinajstić information content (AvgIpc) is 2.72. The second-order valence-corrected chi connectivity index (χ2v) is 11.0. The summed E-state index contributed by atoms with van der Waals surface area (Å²) in [5, 5.41) is 18.5. The lowest BCUT2D eigenvalue weighted by molar-refractivity contribution is -0.148. The smallest absolute Gasteiger partial charge is 0.309 e. The summed E-state index contributed by atoms with van der Waals surface area (Å²) in [6.45, 7) is 7.14. The predicted molar refractivity (Wildman–Crippen MR) is 125 cm³/mol. The summed E-state index contributed by atoms with van der Waals surface area (Å²) in [7, 11) is 0. The molecule has 0 aromatic carbocycles. The van der Waals surface area contributed by atoms with Gasteiger partial charge in [-0.25, -0.2) is 0 Å². The lowest BCUT2D eigenvalue weighted by Crippen LogP contribution is -2.29. The molecule has 0 aliphatic carbocycles. The molecule has 0 saturated carbocycles. The predicted octanol–water partition coefficient (Wildman–Crippen LogP) is 5.98. The fourth-order valence-electron chi connectivity index (χ4n) is 4.57. The zero-order valence-corrected chi connectivity index (χ0v) is 20.5. The summed E-state index contributed by atoms with van der Waals surface area (Å²) >= 11 is 0. The van der Waals surface area contributed by atoms with E-state index in [0.717, 1.165) is 64.2 Å². The summed E-state index contributed by atoms with van der Waals surface area (Å²) in [4.78, 5) is 22.5. The van der Waals surface area contributed by atoms with Gasteiger partial charge in [0, 0.05) is 0 Å². The standard InChI is InChI=1S/C26H44O6/c1-25(2,23(27)28)17-7-13-19-9-5-11-21(31-19)15-16-22-12-6-10-20(32-22)14-8-18-26(3,4)24(29)30/h15-16,19-22H,5-14,17-18H2,1-4H3,(H,27,28)(H,29,30)/b16-15-. The van der Waals surface area contributed by atoms with Gasteiger partial charge in [0.2, 0.25) is 0 Å². The van der Waals surface area contributed by atoms with Crippen LogP contribution in [0, 0.1) is 10.8 Å². The summed E-state index contributed by atoms with van der Waals surface area (Å²) < 4.78 is 12.5. The summed E-state index contributed by atoms with van der Waals surface area (Å²) in [6, 6.07) is 0. The van der Waals surface area contributed by atoms with Gasteiger partial charge in [-0.3, -0.25) is 9.59 Å². The molecule has 2 aliphatic rings. The van der Waals surface area contributed by atoms with Gasteiger partial charge in [0.15, 0.2) is 0 Å². The number of carboxylic acid groups (broad SMARTS) is 2. The molecular weight excluding hydrogens is 408 g/mol. The molecule has 6 heteroatoms. The summed E-state index contributed by atoms with van der Waals surface area (Å²) in [5.41, 5.74) is -1.35. The van der Waals surface area contributed by atoms with Crippen LogP contribution in [0.5, 0.6) is 0 Å². The fraction of sp³-hybridized carbons (Fsp3) is 0.846. The molecule has 32 heavy (non-hydrogen) atoms. The van der Waals surface area contributed by atoms with Crippen LogP contribution in [0.1, 0.15) is 105 Å². The van der Waals surface area contributed by atoms with Crippen LogP contribution in [0.2, 0.25) is 0 Å². The Kier molecular flexibility index (Phi) is 10.2. The monoisotopic (exact) mass is 452 g/mol. The van der Waals surface area contributed by atoms with Crippen LogP contribution in [-0.2, 0) is 19.1 Å². The average molecular weight is 453 g/mol. The van der Waals surface area contributed by atoms with E-state index >= 15 is 0 Å². The quantitative estimate of drug-likeness (QED) is 0.354. The molecule has 4 atom stereocenters. The first-order valence-electron chi connectivity index (χ1n) is 12.5. The van der Waals surface area contributed by atoms with Crippen LogP contribution in [-0.4, -0.2) is 46.6 Å².